The molecule has 0 fully saturated rings. The Morgan fingerprint density at radius 2 is 2.04 bits per heavy atom. The highest BCUT2D eigenvalue weighted by Gasteiger charge is 2.24. The molecule has 0 aliphatic rings. The van der Waals surface area contributed by atoms with Crippen LogP contribution >= 0.6 is 0 Å². The number of unbranched alkanes of at least 4 members (excludes halogenated alkanes) is 1. The molecule has 0 amide bonds. The minimum absolute atomic E-state index is 0.366. The lowest BCUT2D eigenvalue weighted by Crippen LogP contribution is -2.27. The fourth-order valence-corrected chi connectivity index (χ4v) is 4.05. The molecule has 2 unspecified atom stereocenters. The third kappa shape index (κ3) is 4.87. The van der Waals surface area contributed by atoms with Gasteiger partial charge in [-0.25, -0.2) is 0 Å². The highest BCUT2D eigenvalue weighted by molar-refractivity contribution is 5.83. The third-order valence-electron chi connectivity index (χ3n) is 5.42. The predicted octanol–water partition coefficient (Wildman–Crippen LogP) is 6.81. The molecule has 28 heavy (non-hydrogen) atoms. The predicted molar refractivity (Wildman–Crippen MR) is 122 cm³/mol. The molecule has 1 heterocycles. The van der Waals surface area contributed by atoms with Gasteiger partial charge in [-0.15, -0.1) is 6.42 Å². The van der Waals surface area contributed by atoms with E-state index in [0.717, 1.165) is 25.7 Å². The van der Waals surface area contributed by atoms with Gasteiger partial charge >= 0.3 is 0 Å². The van der Waals surface area contributed by atoms with Crippen molar-refractivity contribution >= 4 is 16.6 Å². The van der Waals surface area contributed by atoms with Crippen molar-refractivity contribution in [3.05, 3.63) is 78.0 Å². The zero-order valence-corrected chi connectivity index (χ0v) is 16.9. The Morgan fingerprint density at radius 3 is 2.82 bits per heavy atom. The van der Waals surface area contributed by atoms with E-state index in [0.29, 0.717) is 12.0 Å². The maximum atomic E-state index is 5.32. The molecule has 3 aromatic rings. The first-order valence-corrected chi connectivity index (χ1v) is 10.2. The molecule has 2 heteroatoms. The summed E-state index contributed by atoms with van der Waals surface area (Å²) in [6.45, 7) is 4.43. The van der Waals surface area contributed by atoms with Gasteiger partial charge in [0.25, 0.3) is 0 Å². The van der Waals surface area contributed by atoms with Crippen LogP contribution in [-0.2, 0) is 0 Å². The summed E-state index contributed by atoms with van der Waals surface area (Å²) < 4.78 is 0. The summed E-state index contributed by atoms with van der Waals surface area (Å²) in [5.41, 5.74) is 5.09. The average Bonchev–Trinajstić information content (AvgIpc) is 3.12. The van der Waals surface area contributed by atoms with E-state index in [-0.39, 0.29) is 0 Å². The second kappa shape index (κ2) is 9.85. The Morgan fingerprint density at radius 1 is 1.18 bits per heavy atom. The standard InChI is InChI=1S/C26H30N2/c1-4-6-7-8-9-17-26(28-21-14-12-13-20(3)18-21)22(5-2)24-19-27-25-16-11-10-15-23(24)25/h1,6-7,10-16,18-19,22,26-28H,5,8-9,17H2,2-3H3/b7-6-. The molecule has 1 aromatic heterocycles. The number of rotatable bonds is 9. The van der Waals surface area contributed by atoms with Crippen molar-refractivity contribution in [2.75, 3.05) is 5.32 Å². The molecular weight excluding hydrogens is 340 g/mol. The summed E-state index contributed by atoms with van der Waals surface area (Å²) in [6.07, 6.45) is 15.7. The van der Waals surface area contributed by atoms with Gasteiger partial charge in [-0.1, -0.05) is 49.3 Å². The number of anilines is 1. The highest BCUT2D eigenvalue weighted by atomic mass is 14.9. The van der Waals surface area contributed by atoms with E-state index < -0.39 is 0 Å². The first-order chi connectivity index (χ1) is 13.7. The zero-order chi connectivity index (χ0) is 19.8. The molecule has 0 aliphatic carbocycles. The number of aromatic amines is 1. The molecule has 0 aliphatic heterocycles. The highest BCUT2D eigenvalue weighted by Crippen LogP contribution is 2.34. The van der Waals surface area contributed by atoms with Crippen molar-refractivity contribution in [1.29, 1.82) is 0 Å². The second-order valence-electron chi connectivity index (χ2n) is 7.42. The fraction of sp³-hybridized carbons (Fsp3) is 0.308. The van der Waals surface area contributed by atoms with Gasteiger partial charge < -0.3 is 10.3 Å². The molecule has 2 nitrogen and oxygen atoms in total. The van der Waals surface area contributed by atoms with Crippen molar-refractivity contribution < 1.29 is 0 Å². The van der Waals surface area contributed by atoms with Crippen LogP contribution in [0.3, 0.4) is 0 Å². The lowest BCUT2D eigenvalue weighted by Gasteiger charge is -2.28. The first kappa shape index (κ1) is 19.8. The van der Waals surface area contributed by atoms with Crippen molar-refractivity contribution in [1.82, 2.24) is 4.98 Å². The van der Waals surface area contributed by atoms with Crippen molar-refractivity contribution in [2.45, 2.75) is 51.5 Å². The summed E-state index contributed by atoms with van der Waals surface area (Å²) in [5, 5.41) is 5.17. The van der Waals surface area contributed by atoms with Crippen LogP contribution in [0.1, 0.15) is 49.7 Å². The van der Waals surface area contributed by atoms with Gasteiger partial charge in [0.05, 0.1) is 0 Å². The third-order valence-corrected chi connectivity index (χ3v) is 5.42. The van der Waals surface area contributed by atoms with Crippen LogP contribution in [0.2, 0.25) is 0 Å². The summed E-state index contributed by atoms with van der Waals surface area (Å²) in [7, 11) is 0. The van der Waals surface area contributed by atoms with Gasteiger partial charge in [-0.2, -0.15) is 0 Å². The zero-order valence-electron chi connectivity index (χ0n) is 16.9. The Hall–Kier alpha value is -2.92. The Bertz CT molecular complexity index is 958. The number of fused-ring (bicyclic) bond motifs is 1. The van der Waals surface area contributed by atoms with E-state index >= 15 is 0 Å². The van der Waals surface area contributed by atoms with Gasteiger partial charge in [0, 0.05) is 34.7 Å². The van der Waals surface area contributed by atoms with E-state index in [9.17, 15) is 0 Å². The van der Waals surface area contributed by atoms with Crippen LogP contribution < -0.4 is 5.32 Å². The molecule has 0 spiro atoms. The number of aryl methyl sites for hydroxylation is 1. The monoisotopic (exact) mass is 370 g/mol. The minimum atomic E-state index is 0.366. The Labute approximate surface area is 169 Å². The van der Waals surface area contributed by atoms with E-state index in [1.165, 1.54) is 27.7 Å². The van der Waals surface area contributed by atoms with E-state index in [4.69, 9.17) is 6.42 Å². The van der Waals surface area contributed by atoms with Gasteiger partial charge in [0.2, 0.25) is 0 Å². The largest absolute Gasteiger partial charge is 0.382 e. The number of hydrogen-bond donors (Lipinski definition) is 2. The first-order valence-electron chi connectivity index (χ1n) is 10.2. The topological polar surface area (TPSA) is 27.8 Å². The smallest absolute Gasteiger partial charge is 0.0456 e. The second-order valence-corrected chi connectivity index (χ2v) is 7.42. The summed E-state index contributed by atoms with van der Waals surface area (Å²) in [5.74, 6) is 3.02. The number of para-hydroxylation sites is 1. The molecule has 144 valence electrons. The number of benzene rings is 2. The number of terminal acetylenes is 1. The van der Waals surface area contributed by atoms with Crippen LogP contribution in [0, 0.1) is 19.3 Å². The number of allylic oxidation sites excluding steroid dienone is 2. The fourth-order valence-electron chi connectivity index (χ4n) is 4.05. The molecular formula is C26H30N2. The van der Waals surface area contributed by atoms with Crippen molar-refractivity contribution in [2.24, 2.45) is 0 Å². The maximum Gasteiger partial charge on any atom is 0.0456 e. The van der Waals surface area contributed by atoms with Crippen molar-refractivity contribution in [3.63, 3.8) is 0 Å². The number of aromatic nitrogens is 1. The SMILES string of the molecule is C#C/C=C\CCCC(Nc1cccc(C)c1)C(CC)c1c[nH]c2ccccc12. The molecule has 2 N–H and O–H groups in total. The van der Waals surface area contributed by atoms with E-state index in [2.05, 4.69) is 90.9 Å². The van der Waals surface area contributed by atoms with Crippen LogP contribution in [0.4, 0.5) is 5.69 Å². The average molecular weight is 371 g/mol. The normalized spacial score (nSPS) is 13.5. The number of hydrogen-bond acceptors (Lipinski definition) is 1. The summed E-state index contributed by atoms with van der Waals surface area (Å²) >= 11 is 0. The van der Waals surface area contributed by atoms with Crippen LogP contribution in [0.5, 0.6) is 0 Å². The lowest BCUT2D eigenvalue weighted by atomic mass is 9.86. The summed E-state index contributed by atoms with van der Waals surface area (Å²) in [4.78, 5) is 3.45. The summed E-state index contributed by atoms with van der Waals surface area (Å²) in [6, 6.07) is 17.6. The Kier molecular flexibility index (Phi) is 6.98. The minimum Gasteiger partial charge on any atom is -0.382 e. The molecule has 2 aromatic carbocycles. The van der Waals surface area contributed by atoms with Crippen LogP contribution in [-0.4, -0.2) is 11.0 Å². The molecule has 0 bridgehead atoms. The molecule has 0 radical (unpaired) electrons. The van der Waals surface area contributed by atoms with Gasteiger partial charge in [0.1, 0.15) is 0 Å². The molecule has 0 saturated heterocycles. The van der Waals surface area contributed by atoms with Crippen molar-refractivity contribution in [3.8, 4) is 12.3 Å². The van der Waals surface area contributed by atoms with Gasteiger partial charge in [0.15, 0.2) is 0 Å². The van der Waals surface area contributed by atoms with E-state index in [1.807, 2.05) is 0 Å². The quantitative estimate of drug-likeness (QED) is 0.314. The maximum absolute atomic E-state index is 5.32. The van der Waals surface area contributed by atoms with E-state index in [1.54, 1.807) is 6.08 Å². The van der Waals surface area contributed by atoms with Gasteiger partial charge in [-0.05, 0) is 68.0 Å². The molecule has 0 saturated carbocycles. The Balaban J connectivity index is 1.86. The van der Waals surface area contributed by atoms with Crippen LogP contribution in [0.25, 0.3) is 10.9 Å². The molecule has 2 atom stereocenters. The number of H-pyrrole nitrogens is 1. The lowest BCUT2D eigenvalue weighted by molar-refractivity contribution is 0.506. The number of nitrogens with one attached hydrogen (secondary N) is 2. The molecule has 3 rings (SSSR count). The van der Waals surface area contributed by atoms with Crippen LogP contribution in [0.15, 0.2) is 66.9 Å². The van der Waals surface area contributed by atoms with Gasteiger partial charge in [-0.3, -0.25) is 0 Å².